The summed E-state index contributed by atoms with van der Waals surface area (Å²) < 4.78 is 10.9. The summed E-state index contributed by atoms with van der Waals surface area (Å²) in [5.74, 6) is 1.85. The van der Waals surface area contributed by atoms with E-state index in [-0.39, 0.29) is 6.61 Å². The average molecular weight is 307 g/mol. The van der Waals surface area contributed by atoms with Gasteiger partial charge in [0.1, 0.15) is 11.5 Å². The molecule has 3 aromatic rings. The SMILES string of the molecule is Cc1oc(-c2ccco2)nc1/C=C/c1ccc(/C=C/CO)cc1. The van der Waals surface area contributed by atoms with E-state index in [1.165, 1.54) is 0 Å². The Hall–Kier alpha value is -2.85. The maximum Gasteiger partial charge on any atom is 0.263 e. The zero-order chi connectivity index (χ0) is 16.1. The number of benzene rings is 1. The topological polar surface area (TPSA) is 59.4 Å². The van der Waals surface area contributed by atoms with Crippen molar-refractivity contribution in [3.63, 3.8) is 0 Å². The van der Waals surface area contributed by atoms with E-state index in [2.05, 4.69) is 4.98 Å². The first kappa shape index (κ1) is 15.1. The largest absolute Gasteiger partial charge is 0.459 e. The first-order chi connectivity index (χ1) is 11.3. The zero-order valence-electron chi connectivity index (χ0n) is 12.8. The minimum absolute atomic E-state index is 0.0467. The molecule has 0 unspecified atom stereocenters. The molecule has 116 valence electrons. The number of hydrogen-bond donors (Lipinski definition) is 1. The monoisotopic (exact) mass is 307 g/mol. The second kappa shape index (κ2) is 6.94. The summed E-state index contributed by atoms with van der Waals surface area (Å²) in [4.78, 5) is 4.44. The van der Waals surface area contributed by atoms with Crippen molar-refractivity contribution in [1.29, 1.82) is 0 Å². The molecule has 0 aliphatic carbocycles. The van der Waals surface area contributed by atoms with Crippen LogP contribution in [0.1, 0.15) is 22.6 Å². The molecule has 4 nitrogen and oxygen atoms in total. The van der Waals surface area contributed by atoms with Crippen LogP contribution in [0.3, 0.4) is 0 Å². The van der Waals surface area contributed by atoms with E-state index in [4.69, 9.17) is 13.9 Å². The minimum atomic E-state index is 0.0467. The number of nitrogens with zero attached hydrogens (tertiary/aromatic N) is 1. The van der Waals surface area contributed by atoms with E-state index >= 15 is 0 Å². The van der Waals surface area contributed by atoms with Crippen LogP contribution >= 0.6 is 0 Å². The third-order valence-corrected chi connectivity index (χ3v) is 3.35. The van der Waals surface area contributed by atoms with E-state index in [0.717, 1.165) is 22.6 Å². The molecular weight excluding hydrogens is 290 g/mol. The Kier molecular flexibility index (Phi) is 4.54. The molecule has 4 heteroatoms. The highest BCUT2D eigenvalue weighted by molar-refractivity contribution is 5.70. The number of aromatic nitrogens is 1. The lowest BCUT2D eigenvalue weighted by atomic mass is 10.1. The molecule has 3 rings (SSSR count). The van der Waals surface area contributed by atoms with Crippen LogP contribution in [0.2, 0.25) is 0 Å². The van der Waals surface area contributed by atoms with Gasteiger partial charge in [0.2, 0.25) is 0 Å². The van der Waals surface area contributed by atoms with Gasteiger partial charge in [-0.3, -0.25) is 0 Å². The number of furan rings is 1. The number of oxazole rings is 1. The third-order valence-electron chi connectivity index (χ3n) is 3.35. The Morgan fingerprint density at radius 1 is 1.04 bits per heavy atom. The summed E-state index contributed by atoms with van der Waals surface area (Å²) in [5.41, 5.74) is 2.89. The summed E-state index contributed by atoms with van der Waals surface area (Å²) in [6.07, 6.45) is 9.09. The number of hydrogen-bond acceptors (Lipinski definition) is 4. The van der Waals surface area contributed by atoms with Gasteiger partial charge in [0.15, 0.2) is 5.76 Å². The van der Waals surface area contributed by atoms with Crippen LogP contribution in [0.4, 0.5) is 0 Å². The zero-order valence-corrected chi connectivity index (χ0v) is 12.8. The summed E-state index contributed by atoms with van der Waals surface area (Å²) in [5, 5.41) is 8.77. The Labute approximate surface area is 134 Å². The highest BCUT2D eigenvalue weighted by Crippen LogP contribution is 2.23. The molecule has 23 heavy (non-hydrogen) atoms. The summed E-state index contributed by atoms with van der Waals surface area (Å²) >= 11 is 0. The number of aryl methyl sites for hydroxylation is 1. The molecule has 0 saturated heterocycles. The third kappa shape index (κ3) is 3.67. The standard InChI is InChI=1S/C19H17NO3/c1-14-17(20-19(23-14)18-5-3-13-22-18)11-10-16-8-6-15(7-9-16)4-2-12-21/h2-11,13,21H,12H2,1H3/b4-2+,11-10+. The molecule has 1 aromatic carbocycles. The predicted molar refractivity (Wildman–Crippen MR) is 90.4 cm³/mol. The van der Waals surface area contributed by atoms with Crippen LogP contribution in [0.25, 0.3) is 29.9 Å². The van der Waals surface area contributed by atoms with Gasteiger partial charge in [-0.1, -0.05) is 42.5 Å². The molecule has 0 bridgehead atoms. The van der Waals surface area contributed by atoms with Crippen LogP contribution in [0, 0.1) is 6.92 Å². The van der Waals surface area contributed by atoms with Gasteiger partial charge in [-0.25, -0.2) is 4.98 Å². The van der Waals surface area contributed by atoms with Gasteiger partial charge in [-0.15, -0.1) is 0 Å². The molecule has 0 fully saturated rings. The lowest BCUT2D eigenvalue weighted by molar-refractivity contribution is 0.343. The van der Waals surface area contributed by atoms with E-state index in [9.17, 15) is 0 Å². The van der Waals surface area contributed by atoms with E-state index < -0.39 is 0 Å². The van der Waals surface area contributed by atoms with Crippen LogP contribution in [0.15, 0.2) is 57.6 Å². The number of rotatable bonds is 5. The average Bonchev–Trinajstić information content (AvgIpc) is 3.21. The first-order valence-electron chi connectivity index (χ1n) is 7.33. The van der Waals surface area contributed by atoms with Gasteiger partial charge in [0, 0.05) is 0 Å². The van der Waals surface area contributed by atoms with Crippen molar-refractivity contribution < 1.29 is 13.9 Å². The summed E-state index contributed by atoms with van der Waals surface area (Å²) in [7, 11) is 0. The molecule has 0 spiro atoms. The molecule has 0 saturated carbocycles. The van der Waals surface area contributed by atoms with E-state index in [0.29, 0.717) is 11.7 Å². The smallest absolute Gasteiger partial charge is 0.263 e. The lowest BCUT2D eigenvalue weighted by Crippen LogP contribution is -1.78. The van der Waals surface area contributed by atoms with Crippen molar-refractivity contribution in [1.82, 2.24) is 4.98 Å². The van der Waals surface area contributed by atoms with Gasteiger partial charge in [-0.05, 0) is 36.3 Å². The molecular formula is C19H17NO3. The van der Waals surface area contributed by atoms with Gasteiger partial charge in [0.05, 0.1) is 12.9 Å². The predicted octanol–water partition coefficient (Wildman–Crippen LogP) is 4.42. The van der Waals surface area contributed by atoms with Gasteiger partial charge in [0.25, 0.3) is 5.89 Å². The van der Waals surface area contributed by atoms with Crippen molar-refractivity contribution in [3.05, 3.63) is 71.3 Å². The van der Waals surface area contributed by atoms with Crippen LogP contribution in [0.5, 0.6) is 0 Å². The highest BCUT2D eigenvalue weighted by Gasteiger charge is 2.11. The molecule has 0 atom stereocenters. The quantitative estimate of drug-likeness (QED) is 0.758. The fourth-order valence-electron chi connectivity index (χ4n) is 2.15. The Morgan fingerprint density at radius 3 is 2.43 bits per heavy atom. The Morgan fingerprint density at radius 2 is 1.78 bits per heavy atom. The minimum Gasteiger partial charge on any atom is -0.459 e. The van der Waals surface area contributed by atoms with Crippen molar-refractivity contribution in [2.75, 3.05) is 6.61 Å². The Balaban J connectivity index is 1.76. The maximum atomic E-state index is 8.77. The first-order valence-corrected chi connectivity index (χ1v) is 7.33. The van der Waals surface area contributed by atoms with Crippen LogP contribution in [-0.2, 0) is 0 Å². The van der Waals surface area contributed by atoms with Crippen molar-refractivity contribution in [2.45, 2.75) is 6.92 Å². The van der Waals surface area contributed by atoms with Crippen molar-refractivity contribution >= 4 is 18.2 Å². The Bertz CT molecular complexity index is 809. The van der Waals surface area contributed by atoms with Gasteiger partial charge < -0.3 is 13.9 Å². The van der Waals surface area contributed by atoms with Crippen LogP contribution < -0.4 is 0 Å². The van der Waals surface area contributed by atoms with E-state index in [1.807, 2.05) is 55.5 Å². The fraction of sp³-hybridized carbons (Fsp3) is 0.105. The molecule has 0 amide bonds. The normalized spacial score (nSPS) is 11.7. The molecule has 0 aliphatic rings. The molecule has 2 aromatic heterocycles. The summed E-state index contributed by atoms with van der Waals surface area (Å²) in [6, 6.07) is 11.6. The number of aliphatic hydroxyl groups is 1. The highest BCUT2D eigenvalue weighted by atomic mass is 16.4. The number of aliphatic hydroxyl groups excluding tert-OH is 1. The molecule has 0 aliphatic heterocycles. The lowest BCUT2D eigenvalue weighted by Gasteiger charge is -1.95. The molecule has 2 heterocycles. The fourth-order valence-corrected chi connectivity index (χ4v) is 2.15. The van der Waals surface area contributed by atoms with Crippen molar-refractivity contribution in [2.24, 2.45) is 0 Å². The van der Waals surface area contributed by atoms with Gasteiger partial charge in [-0.2, -0.15) is 0 Å². The van der Waals surface area contributed by atoms with Crippen molar-refractivity contribution in [3.8, 4) is 11.7 Å². The second-order valence-corrected chi connectivity index (χ2v) is 5.02. The van der Waals surface area contributed by atoms with Crippen LogP contribution in [-0.4, -0.2) is 16.7 Å². The molecule has 1 N–H and O–H groups in total. The molecule has 0 radical (unpaired) electrons. The second-order valence-electron chi connectivity index (χ2n) is 5.02. The summed E-state index contributed by atoms with van der Waals surface area (Å²) in [6.45, 7) is 1.92. The van der Waals surface area contributed by atoms with E-state index in [1.54, 1.807) is 18.4 Å². The van der Waals surface area contributed by atoms with Gasteiger partial charge >= 0.3 is 0 Å². The maximum absolute atomic E-state index is 8.77.